The van der Waals surface area contributed by atoms with Gasteiger partial charge in [0.1, 0.15) is 0 Å². The highest BCUT2D eigenvalue weighted by molar-refractivity contribution is 5.37. The van der Waals surface area contributed by atoms with Gasteiger partial charge in [0.15, 0.2) is 0 Å². The van der Waals surface area contributed by atoms with E-state index in [9.17, 15) is 0 Å². The summed E-state index contributed by atoms with van der Waals surface area (Å²) in [6.07, 6.45) is 5.83. The van der Waals surface area contributed by atoms with E-state index in [0.29, 0.717) is 5.41 Å². The standard InChI is InChI=1S/C18H25N/c1-3-4-5-9-12-19-13-16-17(14-19)18(16,2)15-10-7-6-8-11-15/h3,6-8,10-11,16-17H,1,4-5,9,12-14H2,2H3. The Morgan fingerprint density at radius 1 is 1.21 bits per heavy atom. The summed E-state index contributed by atoms with van der Waals surface area (Å²) >= 11 is 0. The number of benzene rings is 1. The third-order valence-electron chi connectivity index (χ3n) is 5.36. The van der Waals surface area contributed by atoms with E-state index < -0.39 is 0 Å². The minimum Gasteiger partial charge on any atom is -0.303 e. The van der Waals surface area contributed by atoms with Crippen molar-refractivity contribution in [3.63, 3.8) is 0 Å². The first-order valence-electron chi connectivity index (χ1n) is 7.65. The molecular formula is C18H25N. The molecule has 2 unspecified atom stereocenters. The Labute approximate surface area is 117 Å². The Morgan fingerprint density at radius 3 is 2.53 bits per heavy atom. The topological polar surface area (TPSA) is 3.24 Å². The van der Waals surface area contributed by atoms with E-state index in [1.165, 1.54) is 38.9 Å². The molecule has 0 aromatic heterocycles. The maximum Gasteiger partial charge on any atom is 0.00218 e. The lowest BCUT2D eigenvalue weighted by Crippen LogP contribution is -2.29. The minimum absolute atomic E-state index is 0.471. The van der Waals surface area contributed by atoms with Crippen molar-refractivity contribution in [2.24, 2.45) is 11.8 Å². The second-order valence-electron chi connectivity index (χ2n) is 6.41. The normalized spacial score (nSPS) is 33.1. The van der Waals surface area contributed by atoms with Gasteiger partial charge in [-0.05, 0) is 43.2 Å². The summed E-state index contributed by atoms with van der Waals surface area (Å²) in [7, 11) is 0. The van der Waals surface area contributed by atoms with Gasteiger partial charge in [-0.2, -0.15) is 0 Å². The first-order valence-corrected chi connectivity index (χ1v) is 7.65. The number of piperidine rings is 1. The second-order valence-corrected chi connectivity index (χ2v) is 6.41. The van der Waals surface area contributed by atoms with E-state index >= 15 is 0 Å². The predicted octanol–water partition coefficient (Wildman–Crippen LogP) is 3.86. The van der Waals surface area contributed by atoms with Crippen molar-refractivity contribution in [2.45, 2.75) is 31.6 Å². The van der Waals surface area contributed by atoms with Crippen molar-refractivity contribution in [2.75, 3.05) is 19.6 Å². The van der Waals surface area contributed by atoms with Gasteiger partial charge in [-0.3, -0.25) is 0 Å². The highest BCUT2D eigenvalue weighted by atomic mass is 15.2. The lowest BCUT2D eigenvalue weighted by molar-refractivity contribution is 0.272. The fourth-order valence-corrected chi connectivity index (χ4v) is 3.99. The lowest BCUT2D eigenvalue weighted by Gasteiger charge is -2.24. The van der Waals surface area contributed by atoms with Crippen LogP contribution in [-0.2, 0) is 5.41 Å². The molecule has 0 radical (unpaired) electrons. The van der Waals surface area contributed by atoms with Gasteiger partial charge in [0.25, 0.3) is 0 Å². The number of allylic oxidation sites excluding steroid dienone is 1. The zero-order chi connectivity index (χ0) is 13.3. The van der Waals surface area contributed by atoms with Gasteiger partial charge in [-0.25, -0.2) is 0 Å². The summed E-state index contributed by atoms with van der Waals surface area (Å²) < 4.78 is 0. The molecule has 0 spiro atoms. The van der Waals surface area contributed by atoms with Crippen LogP contribution in [-0.4, -0.2) is 24.5 Å². The van der Waals surface area contributed by atoms with Crippen LogP contribution in [0.2, 0.25) is 0 Å². The van der Waals surface area contributed by atoms with E-state index in [0.717, 1.165) is 11.8 Å². The van der Waals surface area contributed by atoms with Gasteiger partial charge in [-0.15, -0.1) is 6.58 Å². The molecule has 2 fully saturated rings. The van der Waals surface area contributed by atoms with E-state index in [-0.39, 0.29) is 0 Å². The van der Waals surface area contributed by atoms with Crippen LogP contribution in [0.4, 0.5) is 0 Å². The number of likely N-dealkylation sites (tertiary alicyclic amines) is 1. The molecule has 102 valence electrons. The quantitative estimate of drug-likeness (QED) is 0.551. The zero-order valence-corrected chi connectivity index (χ0v) is 12.0. The highest BCUT2D eigenvalue weighted by Gasteiger charge is 2.65. The summed E-state index contributed by atoms with van der Waals surface area (Å²) in [5.41, 5.74) is 2.02. The van der Waals surface area contributed by atoms with Crippen LogP contribution in [0.5, 0.6) is 0 Å². The van der Waals surface area contributed by atoms with Gasteiger partial charge in [-0.1, -0.05) is 43.3 Å². The largest absolute Gasteiger partial charge is 0.303 e. The van der Waals surface area contributed by atoms with Gasteiger partial charge in [0.05, 0.1) is 0 Å². The summed E-state index contributed by atoms with van der Waals surface area (Å²) in [6, 6.07) is 11.1. The maximum absolute atomic E-state index is 3.79. The Balaban J connectivity index is 1.51. The van der Waals surface area contributed by atoms with Crippen molar-refractivity contribution >= 4 is 0 Å². The second kappa shape index (κ2) is 5.13. The molecular weight excluding hydrogens is 230 g/mol. The van der Waals surface area contributed by atoms with E-state index in [1.54, 1.807) is 5.56 Å². The third-order valence-corrected chi connectivity index (χ3v) is 5.36. The van der Waals surface area contributed by atoms with E-state index in [4.69, 9.17) is 0 Å². The van der Waals surface area contributed by atoms with Crippen molar-refractivity contribution in [1.82, 2.24) is 4.90 Å². The molecule has 1 heterocycles. The first kappa shape index (κ1) is 12.9. The summed E-state index contributed by atoms with van der Waals surface area (Å²) in [5.74, 6) is 1.80. The number of nitrogens with zero attached hydrogens (tertiary/aromatic N) is 1. The van der Waals surface area contributed by atoms with Crippen molar-refractivity contribution in [3.05, 3.63) is 48.6 Å². The monoisotopic (exact) mass is 255 g/mol. The fourth-order valence-electron chi connectivity index (χ4n) is 3.99. The molecule has 1 aliphatic heterocycles. The summed E-state index contributed by atoms with van der Waals surface area (Å²) in [4.78, 5) is 2.67. The van der Waals surface area contributed by atoms with E-state index in [2.05, 4.69) is 48.7 Å². The molecule has 1 aliphatic carbocycles. The molecule has 1 heteroatoms. The molecule has 1 nitrogen and oxygen atoms in total. The molecule has 1 saturated carbocycles. The Hall–Kier alpha value is -1.08. The molecule has 0 N–H and O–H groups in total. The Kier molecular flexibility index (Phi) is 3.49. The number of fused-ring (bicyclic) bond motifs is 1. The Bertz CT molecular complexity index is 424. The maximum atomic E-state index is 3.79. The molecule has 19 heavy (non-hydrogen) atoms. The fraction of sp³-hybridized carbons (Fsp3) is 0.556. The van der Waals surface area contributed by atoms with Crippen LogP contribution in [0.1, 0.15) is 31.7 Å². The van der Waals surface area contributed by atoms with Crippen LogP contribution in [0.15, 0.2) is 43.0 Å². The molecule has 2 atom stereocenters. The average molecular weight is 255 g/mol. The molecule has 3 rings (SSSR count). The van der Waals surface area contributed by atoms with Crippen LogP contribution in [0.25, 0.3) is 0 Å². The molecule has 0 amide bonds. The minimum atomic E-state index is 0.471. The van der Waals surface area contributed by atoms with Gasteiger partial charge in [0.2, 0.25) is 0 Å². The number of rotatable bonds is 6. The SMILES string of the molecule is C=CCCCCN1CC2C(C1)C2(C)c1ccccc1. The average Bonchev–Trinajstić information content (AvgIpc) is 2.83. The third kappa shape index (κ3) is 2.25. The zero-order valence-electron chi connectivity index (χ0n) is 12.0. The highest BCUT2D eigenvalue weighted by Crippen LogP contribution is 2.63. The van der Waals surface area contributed by atoms with Gasteiger partial charge < -0.3 is 4.90 Å². The van der Waals surface area contributed by atoms with Crippen molar-refractivity contribution < 1.29 is 0 Å². The Morgan fingerprint density at radius 2 is 1.89 bits per heavy atom. The van der Waals surface area contributed by atoms with Crippen LogP contribution in [0.3, 0.4) is 0 Å². The first-order chi connectivity index (χ1) is 9.26. The lowest BCUT2D eigenvalue weighted by atomic mass is 9.92. The molecule has 1 saturated heterocycles. The van der Waals surface area contributed by atoms with Crippen molar-refractivity contribution in [1.29, 1.82) is 0 Å². The molecule has 1 aromatic carbocycles. The van der Waals surface area contributed by atoms with Gasteiger partial charge in [0, 0.05) is 18.5 Å². The number of hydrogen-bond acceptors (Lipinski definition) is 1. The molecule has 2 aliphatic rings. The van der Waals surface area contributed by atoms with E-state index in [1.807, 2.05) is 6.08 Å². The summed E-state index contributed by atoms with van der Waals surface area (Å²) in [5, 5.41) is 0. The van der Waals surface area contributed by atoms with Crippen LogP contribution >= 0.6 is 0 Å². The molecule has 1 aromatic rings. The van der Waals surface area contributed by atoms with Crippen LogP contribution in [0, 0.1) is 11.8 Å². The predicted molar refractivity (Wildman–Crippen MR) is 81.3 cm³/mol. The van der Waals surface area contributed by atoms with Crippen molar-refractivity contribution in [3.8, 4) is 0 Å². The summed E-state index contributed by atoms with van der Waals surface area (Å²) in [6.45, 7) is 10.2. The smallest absolute Gasteiger partial charge is 0.00218 e. The number of unbranched alkanes of at least 4 members (excludes halogenated alkanes) is 2. The molecule has 0 bridgehead atoms. The van der Waals surface area contributed by atoms with Gasteiger partial charge >= 0.3 is 0 Å². The van der Waals surface area contributed by atoms with Crippen LogP contribution < -0.4 is 0 Å². The number of hydrogen-bond donors (Lipinski definition) is 0.